The fraction of sp³-hybridized carbons (Fsp3) is 0.333. The number of nitrogens with one attached hydrogen (secondary N) is 1. The number of fused-ring (bicyclic) bond motifs is 1. The van der Waals surface area contributed by atoms with Crippen molar-refractivity contribution in [1.82, 2.24) is 25.2 Å². The number of amides is 2. The van der Waals surface area contributed by atoms with E-state index in [1.165, 1.54) is 0 Å². The van der Waals surface area contributed by atoms with Gasteiger partial charge in [-0.3, -0.25) is 9.59 Å². The summed E-state index contributed by atoms with van der Waals surface area (Å²) >= 11 is 0. The second-order valence-electron chi connectivity index (χ2n) is 7.09. The molecule has 4 rings (SSSR count). The fourth-order valence-electron chi connectivity index (χ4n) is 3.58. The molecule has 144 valence electrons. The molecule has 1 fully saturated rings. The number of para-hydroxylation sites is 1. The number of aromatic nitrogens is 3. The van der Waals surface area contributed by atoms with Crippen molar-refractivity contribution in [3.05, 3.63) is 60.2 Å². The lowest BCUT2D eigenvalue weighted by molar-refractivity contribution is -0.136. The van der Waals surface area contributed by atoms with E-state index >= 15 is 0 Å². The minimum atomic E-state index is -0.0417. The van der Waals surface area contributed by atoms with Gasteiger partial charge in [0.2, 0.25) is 11.8 Å². The number of hydrogen-bond acceptors (Lipinski definition) is 4. The lowest BCUT2D eigenvalue weighted by atomic mass is 9.95. The highest BCUT2D eigenvalue weighted by molar-refractivity contribution is 5.81. The number of nitrogens with zero attached hydrogens (tertiary/aromatic N) is 4. The van der Waals surface area contributed by atoms with E-state index in [0.29, 0.717) is 32.5 Å². The zero-order chi connectivity index (χ0) is 19.3. The Morgan fingerprint density at radius 2 is 1.71 bits per heavy atom. The summed E-state index contributed by atoms with van der Waals surface area (Å²) in [7, 11) is 0. The molecular weight excluding hydrogens is 354 g/mol. The van der Waals surface area contributed by atoms with Crippen LogP contribution < -0.4 is 5.32 Å². The molecular formula is C21H23N5O2. The highest BCUT2D eigenvalue weighted by Crippen LogP contribution is 2.18. The van der Waals surface area contributed by atoms with Gasteiger partial charge in [-0.2, -0.15) is 0 Å². The highest BCUT2D eigenvalue weighted by Gasteiger charge is 2.27. The van der Waals surface area contributed by atoms with Crippen LogP contribution in [-0.4, -0.2) is 44.8 Å². The first-order valence-corrected chi connectivity index (χ1v) is 9.58. The Balaban J connectivity index is 1.27. The number of carbonyl (C=O) groups excluding carboxylic acids is 2. The first-order valence-electron chi connectivity index (χ1n) is 9.58. The molecule has 2 amide bonds. The van der Waals surface area contributed by atoms with Crippen molar-refractivity contribution < 1.29 is 9.59 Å². The van der Waals surface area contributed by atoms with Gasteiger partial charge in [0.05, 0.1) is 5.52 Å². The van der Waals surface area contributed by atoms with Gasteiger partial charge in [-0.05, 0) is 30.5 Å². The predicted octanol–water partition coefficient (Wildman–Crippen LogP) is 1.99. The summed E-state index contributed by atoms with van der Waals surface area (Å²) in [6.07, 6.45) is 1.37. The zero-order valence-electron chi connectivity index (χ0n) is 15.6. The van der Waals surface area contributed by atoms with Crippen molar-refractivity contribution in [2.75, 3.05) is 13.1 Å². The van der Waals surface area contributed by atoms with E-state index in [9.17, 15) is 9.59 Å². The van der Waals surface area contributed by atoms with E-state index in [0.717, 1.165) is 16.6 Å². The van der Waals surface area contributed by atoms with Crippen LogP contribution in [-0.2, 0) is 22.7 Å². The molecule has 7 nitrogen and oxygen atoms in total. The van der Waals surface area contributed by atoms with Crippen LogP contribution in [0.3, 0.4) is 0 Å². The minimum absolute atomic E-state index is 0.0128. The third-order valence-electron chi connectivity index (χ3n) is 5.23. The maximum absolute atomic E-state index is 12.6. The Kier molecular flexibility index (Phi) is 5.32. The maximum Gasteiger partial charge on any atom is 0.244 e. The normalized spacial score (nSPS) is 14.9. The summed E-state index contributed by atoms with van der Waals surface area (Å²) in [6, 6.07) is 17.5. The molecule has 2 heterocycles. The Morgan fingerprint density at radius 1 is 1.00 bits per heavy atom. The van der Waals surface area contributed by atoms with Crippen molar-refractivity contribution >= 4 is 22.8 Å². The molecule has 1 aromatic heterocycles. The van der Waals surface area contributed by atoms with Crippen LogP contribution >= 0.6 is 0 Å². The number of likely N-dealkylation sites (tertiary alicyclic amines) is 1. The van der Waals surface area contributed by atoms with Crippen molar-refractivity contribution in [2.45, 2.75) is 25.9 Å². The maximum atomic E-state index is 12.6. The van der Waals surface area contributed by atoms with Crippen LogP contribution in [0, 0.1) is 5.92 Å². The topological polar surface area (TPSA) is 80.1 Å². The molecule has 0 saturated carbocycles. The summed E-state index contributed by atoms with van der Waals surface area (Å²) in [5.41, 5.74) is 2.72. The van der Waals surface area contributed by atoms with E-state index in [2.05, 4.69) is 15.6 Å². The van der Waals surface area contributed by atoms with E-state index in [1.807, 2.05) is 59.5 Å². The van der Waals surface area contributed by atoms with Gasteiger partial charge in [0.25, 0.3) is 0 Å². The molecule has 0 atom stereocenters. The van der Waals surface area contributed by atoms with Crippen LogP contribution in [0.2, 0.25) is 0 Å². The largest absolute Gasteiger partial charge is 0.352 e. The van der Waals surface area contributed by atoms with Crippen LogP contribution in [0.4, 0.5) is 0 Å². The van der Waals surface area contributed by atoms with Gasteiger partial charge in [-0.1, -0.05) is 47.7 Å². The molecule has 1 aliphatic heterocycles. The van der Waals surface area contributed by atoms with Gasteiger partial charge >= 0.3 is 0 Å². The van der Waals surface area contributed by atoms with E-state index in [-0.39, 0.29) is 24.3 Å². The third-order valence-corrected chi connectivity index (χ3v) is 5.23. The minimum Gasteiger partial charge on any atom is -0.352 e. The van der Waals surface area contributed by atoms with Gasteiger partial charge < -0.3 is 10.2 Å². The van der Waals surface area contributed by atoms with Crippen LogP contribution in [0.1, 0.15) is 18.4 Å². The molecule has 0 unspecified atom stereocenters. The van der Waals surface area contributed by atoms with Crippen LogP contribution in [0.25, 0.3) is 11.0 Å². The average molecular weight is 377 g/mol. The summed E-state index contributed by atoms with van der Waals surface area (Å²) in [5, 5.41) is 11.2. The quantitative estimate of drug-likeness (QED) is 0.737. The van der Waals surface area contributed by atoms with E-state index in [4.69, 9.17) is 0 Å². The van der Waals surface area contributed by atoms with Crippen LogP contribution in [0.5, 0.6) is 0 Å². The summed E-state index contributed by atoms with van der Waals surface area (Å²) in [6.45, 7) is 1.90. The van der Waals surface area contributed by atoms with Gasteiger partial charge in [0.15, 0.2) is 0 Å². The third kappa shape index (κ3) is 4.03. The van der Waals surface area contributed by atoms with E-state index in [1.54, 1.807) is 4.68 Å². The Bertz CT molecular complexity index is 961. The summed E-state index contributed by atoms with van der Waals surface area (Å²) in [5.74, 6) is 0.0389. The number of piperidine rings is 1. The number of carbonyl (C=O) groups is 2. The second kappa shape index (κ2) is 8.21. The molecule has 0 bridgehead atoms. The van der Waals surface area contributed by atoms with Gasteiger partial charge in [0.1, 0.15) is 12.1 Å². The number of rotatable bonds is 5. The molecule has 1 aliphatic rings. The van der Waals surface area contributed by atoms with Crippen molar-refractivity contribution in [1.29, 1.82) is 0 Å². The molecule has 7 heteroatoms. The summed E-state index contributed by atoms with van der Waals surface area (Å²) < 4.78 is 1.64. The highest BCUT2D eigenvalue weighted by atomic mass is 16.2. The summed E-state index contributed by atoms with van der Waals surface area (Å²) in [4.78, 5) is 26.9. The molecule has 28 heavy (non-hydrogen) atoms. The second-order valence-corrected chi connectivity index (χ2v) is 7.09. The molecule has 0 radical (unpaired) electrons. The Morgan fingerprint density at radius 3 is 2.50 bits per heavy atom. The first kappa shape index (κ1) is 18.2. The smallest absolute Gasteiger partial charge is 0.244 e. The molecule has 2 aromatic carbocycles. The first-order chi connectivity index (χ1) is 13.7. The molecule has 1 N–H and O–H groups in total. The SMILES string of the molecule is O=C(NCc1ccccc1)C1CCN(C(=O)Cn2nnc3ccccc32)CC1. The Hall–Kier alpha value is -3.22. The molecule has 3 aromatic rings. The van der Waals surface area contributed by atoms with Gasteiger partial charge in [0, 0.05) is 25.6 Å². The molecule has 0 spiro atoms. The van der Waals surface area contributed by atoms with E-state index < -0.39 is 0 Å². The zero-order valence-corrected chi connectivity index (χ0v) is 15.6. The number of hydrogen-bond donors (Lipinski definition) is 1. The molecule has 1 saturated heterocycles. The van der Waals surface area contributed by atoms with Crippen molar-refractivity contribution in [2.24, 2.45) is 5.92 Å². The number of benzene rings is 2. The van der Waals surface area contributed by atoms with Crippen molar-refractivity contribution in [3.8, 4) is 0 Å². The molecule has 0 aliphatic carbocycles. The lowest BCUT2D eigenvalue weighted by Gasteiger charge is -2.31. The Labute approximate surface area is 163 Å². The monoisotopic (exact) mass is 377 g/mol. The van der Waals surface area contributed by atoms with Gasteiger partial charge in [-0.25, -0.2) is 4.68 Å². The average Bonchev–Trinajstić information content (AvgIpc) is 3.16. The van der Waals surface area contributed by atoms with Gasteiger partial charge in [-0.15, -0.1) is 5.10 Å². The predicted molar refractivity (Wildman–Crippen MR) is 105 cm³/mol. The fourth-order valence-corrected chi connectivity index (χ4v) is 3.58. The lowest BCUT2D eigenvalue weighted by Crippen LogP contribution is -2.44. The van der Waals surface area contributed by atoms with Crippen LogP contribution in [0.15, 0.2) is 54.6 Å². The van der Waals surface area contributed by atoms with Crippen molar-refractivity contribution in [3.63, 3.8) is 0 Å². The standard InChI is InChI=1S/C21H23N5O2/c27-20(15-26-19-9-5-4-8-18(19)23-24-26)25-12-10-17(11-13-25)21(28)22-14-16-6-2-1-3-7-16/h1-9,17H,10-15H2,(H,22,28).